The van der Waals surface area contributed by atoms with Crippen LogP contribution < -0.4 is 10.6 Å². The van der Waals surface area contributed by atoms with Crippen LogP contribution in [0.25, 0.3) is 0 Å². The molecule has 0 fully saturated rings. The monoisotopic (exact) mass is 270 g/mol. The topological polar surface area (TPSA) is 78.4 Å². The van der Waals surface area contributed by atoms with Crippen LogP contribution in [-0.4, -0.2) is 17.1 Å². The molecule has 102 valence electrons. The van der Waals surface area contributed by atoms with Crippen LogP contribution in [0.15, 0.2) is 54.6 Å². The number of hydrogen-bond acceptors (Lipinski definition) is 2. The first kappa shape index (κ1) is 13.6. The SMILES string of the molecule is O=C(O)Nc1ccc(NC(=O)Cc2ccccc2)cc1. The van der Waals surface area contributed by atoms with Crippen molar-refractivity contribution in [3.05, 3.63) is 60.2 Å². The van der Waals surface area contributed by atoms with Gasteiger partial charge in [0, 0.05) is 11.4 Å². The molecule has 20 heavy (non-hydrogen) atoms. The summed E-state index contributed by atoms with van der Waals surface area (Å²) in [5, 5.41) is 13.6. The van der Waals surface area contributed by atoms with E-state index in [1.165, 1.54) is 0 Å². The minimum atomic E-state index is -1.12. The van der Waals surface area contributed by atoms with Crippen LogP contribution in [0, 0.1) is 0 Å². The van der Waals surface area contributed by atoms with Gasteiger partial charge in [-0.1, -0.05) is 30.3 Å². The van der Waals surface area contributed by atoms with Crippen molar-refractivity contribution in [1.82, 2.24) is 0 Å². The van der Waals surface area contributed by atoms with Gasteiger partial charge in [0.25, 0.3) is 0 Å². The minimum absolute atomic E-state index is 0.116. The Hall–Kier alpha value is -2.82. The number of carboxylic acid groups (broad SMARTS) is 1. The molecule has 5 heteroatoms. The summed E-state index contributed by atoms with van der Waals surface area (Å²) in [6.45, 7) is 0. The van der Waals surface area contributed by atoms with Crippen LogP contribution in [0.1, 0.15) is 5.56 Å². The summed E-state index contributed by atoms with van der Waals surface area (Å²) in [4.78, 5) is 22.3. The molecule has 0 aliphatic carbocycles. The van der Waals surface area contributed by atoms with Gasteiger partial charge in [-0.3, -0.25) is 10.1 Å². The first-order valence-electron chi connectivity index (χ1n) is 6.07. The fraction of sp³-hybridized carbons (Fsp3) is 0.0667. The van der Waals surface area contributed by atoms with Gasteiger partial charge < -0.3 is 10.4 Å². The fourth-order valence-corrected chi connectivity index (χ4v) is 1.75. The van der Waals surface area contributed by atoms with Gasteiger partial charge in [0.15, 0.2) is 0 Å². The van der Waals surface area contributed by atoms with Crippen LogP contribution >= 0.6 is 0 Å². The molecule has 0 bridgehead atoms. The molecule has 0 aromatic heterocycles. The number of anilines is 2. The lowest BCUT2D eigenvalue weighted by molar-refractivity contribution is -0.115. The molecule has 0 saturated heterocycles. The number of rotatable bonds is 4. The highest BCUT2D eigenvalue weighted by Crippen LogP contribution is 2.14. The predicted octanol–water partition coefficient (Wildman–Crippen LogP) is 2.96. The summed E-state index contributed by atoms with van der Waals surface area (Å²) in [6.07, 6.45) is -0.818. The number of nitrogens with one attached hydrogen (secondary N) is 2. The third-order valence-electron chi connectivity index (χ3n) is 2.63. The van der Waals surface area contributed by atoms with Crippen molar-refractivity contribution in [2.45, 2.75) is 6.42 Å². The van der Waals surface area contributed by atoms with Crippen molar-refractivity contribution in [2.24, 2.45) is 0 Å². The third kappa shape index (κ3) is 4.13. The first-order valence-corrected chi connectivity index (χ1v) is 6.07. The maximum absolute atomic E-state index is 11.8. The standard InChI is InChI=1S/C15H14N2O3/c18-14(10-11-4-2-1-3-5-11)16-12-6-8-13(9-7-12)17-15(19)20/h1-9,17H,10H2,(H,16,18)(H,19,20). The van der Waals surface area contributed by atoms with Crippen molar-refractivity contribution >= 4 is 23.4 Å². The van der Waals surface area contributed by atoms with E-state index < -0.39 is 6.09 Å². The second-order valence-corrected chi connectivity index (χ2v) is 4.22. The Morgan fingerprint density at radius 3 is 1.95 bits per heavy atom. The number of hydrogen-bond donors (Lipinski definition) is 3. The molecule has 2 rings (SSSR count). The first-order chi connectivity index (χ1) is 9.63. The van der Waals surface area contributed by atoms with Crippen molar-refractivity contribution in [3.8, 4) is 0 Å². The molecular formula is C15H14N2O3. The molecule has 0 saturated carbocycles. The third-order valence-corrected chi connectivity index (χ3v) is 2.63. The molecule has 0 heterocycles. The molecule has 0 aliphatic heterocycles. The lowest BCUT2D eigenvalue weighted by Crippen LogP contribution is -2.14. The van der Waals surface area contributed by atoms with E-state index in [1.807, 2.05) is 30.3 Å². The quantitative estimate of drug-likeness (QED) is 0.799. The highest BCUT2D eigenvalue weighted by Gasteiger charge is 2.04. The Bertz CT molecular complexity index is 594. The van der Waals surface area contributed by atoms with E-state index in [0.717, 1.165) is 5.56 Å². The van der Waals surface area contributed by atoms with E-state index >= 15 is 0 Å². The molecule has 0 unspecified atom stereocenters. The molecule has 0 aliphatic rings. The summed E-state index contributed by atoms with van der Waals surface area (Å²) < 4.78 is 0. The van der Waals surface area contributed by atoms with Crippen LogP contribution in [0.3, 0.4) is 0 Å². The van der Waals surface area contributed by atoms with Crippen LogP contribution in [0.4, 0.5) is 16.2 Å². The van der Waals surface area contributed by atoms with Gasteiger partial charge in [0.05, 0.1) is 6.42 Å². The maximum atomic E-state index is 11.8. The molecule has 0 radical (unpaired) electrons. The van der Waals surface area contributed by atoms with Gasteiger partial charge in [0.1, 0.15) is 0 Å². The van der Waals surface area contributed by atoms with E-state index in [4.69, 9.17) is 5.11 Å². The summed E-state index contributed by atoms with van der Waals surface area (Å²) in [6, 6.07) is 15.9. The molecule has 2 amide bonds. The van der Waals surface area contributed by atoms with Crippen LogP contribution in [0.5, 0.6) is 0 Å². The van der Waals surface area contributed by atoms with Crippen LogP contribution in [-0.2, 0) is 11.2 Å². The zero-order valence-electron chi connectivity index (χ0n) is 10.7. The van der Waals surface area contributed by atoms with Gasteiger partial charge in [-0.2, -0.15) is 0 Å². The highest BCUT2D eigenvalue weighted by molar-refractivity contribution is 5.92. The van der Waals surface area contributed by atoms with Crippen LogP contribution in [0.2, 0.25) is 0 Å². The van der Waals surface area contributed by atoms with Gasteiger partial charge >= 0.3 is 6.09 Å². The molecule has 0 atom stereocenters. The minimum Gasteiger partial charge on any atom is -0.465 e. The largest absolute Gasteiger partial charge is 0.465 e. The maximum Gasteiger partial charge on any atom is 0.409 e. The Kier molecular flexibility index (Phi) is 4.34. The Balaban J connectivity index is 1.93. The van der Waals surface area contributed by atoms with E-state index in [2.05, 4.69) is 10.6 Å². The number of benzene rings is 2. The molecule has 2 aromatic rings. The highest BCUT2D eigenvalue weighted by atomic mass is 16.4. The Morgan fingerprint density at radius 2 is 1.40 bits per heavy atom. The molecule has 3 N–H and O–H groups in total. The van der Waals surface area contributed by atoms with E-state index in [-0.39, 0.29) is 5.91 Å². The smallest absolute Gasteiger partial charge is 0.409 e. The summed E-state index contributed by atoms with van der Waals surface area (Å²) >= 11 is 0. The second-order valence-electron chi connectivity index (χ2n) is 4.22. The van der Waals surface area contributed by atoms with Gasteiger partial charge in [-0.05, 0) is 29.8 Å². The number of carbonyl (C=O) groups excluding carboxylic acids is 1. The molecular weight excluding hydrogens is 256 g/mol. The fourth-order valence-electron chi connectivity index (χ4n) is 1.75. The van der Waals surface area contributed by atoms with Crippen molar-refractivity contribution in [3.63, 3.8) is 0 Å². The average Bonchev–Trinajstić information content (AvgIpc) is 2.41. The normalized spacial score (nSPS) is 9.80. The summed E-state index contributed by atoms with van der Waals surface area (Å²) in [5.41, 5.74) is 2.02. The lowest BCUT2D eigenvalue weighted by Gasteiger charge is -2.06. The summed E-state index contributed by atoms with van der Waals surface area (Å²) in [7, 11) is 0. The zero-order chi connectivity index (χ0) is 14.4. The number of amides is 2. The molecule has 5 nitrogen and oxygen atoms in total. The van der Waals surface area contributed by atoms with Gasteiger partial charge in [0.2, 0.25) is 5.91 Å². The van der Waals surface area contributed by atoms with Crippen molar-refractivity contribution < 1.29 is 14.7 Å². The second kappa shape index (κ2) is 6.38. The van der Waals surface area contributed by atoms with E-state index in [1.54, 1.807) is 24.3 Å². The lowest BCUT2D eigenvalue weighted by atomic mass is 10.1. The Morgan fingerprint density at radius 1 is 0.850 bits per heavy atom. The van der Waals surface area contributed by atoms with Crippen molar-refractivity contribution in [2.75, 3.05) is 10.6 Å². The predicted molar refractivity (Wildman–Crippen MR) is 76.9 cm³/mol. The molecule has 2 aromatic carbocycles. The van der Waals surface area contributed by atoms with Crippen molar-refractivity contribution in [1.29, 1.82) is 0 Å². The summed E-state index contributed by atoms with van der Waals surface area (Å²) in [5.74, 6) is -0.116. The average molecular weight is 270 g/mol. The number of carbonyl (C=O) groups is 2. The molecule has 0 spiro atoms. The van der Waals surface area contributed by atoms with Gasteiger partial charge in [-0.25, -0.2) is 4.79 Å². The van der Waals surface area contributed by atoms with E-state index in [9.17, 15) is 9.59 Å². The Labute approximate surface area is 116 Å². The van der Waals surface area contributed by atoms with E-state index in [0.29, 0.717) is 17.8 Å². The zero-order valence-corrected chi connectivity index (χ0v) is 10.7. The van der Waals surface area contributed by atoms with Gasteiger partial charge in [-0.15, -0.1) is 0 Å².